The maximum Gasteiger partial charge on any atom is 0.329 e. The Morgan fingerprint density at radius 3 is 2.61 bits per heavy atom. The molecular formula is C12H11ClN2O3. The molecule has 0 radical (unpaired) electrons. The zero-order valence-electron chi connectivity index (χ0n) is 9.64. The molecule has 0 saturated carbocycles. The van der Waals surface area contributed by atoms with Gasteiger partial charge in [-0.2, -0.15) is 5.26 Å². The molecule has 0 aliphatic carbocycles. The summed E-state index contributed by atoms with van der Waals surface area (Å²) in [6.45, 7) is 1.15. The molecular weight excluding hydrogens is 256 g/mol. The van der Waals surface area contributed by atoms with Crippen LogP contribution < -0.4 is 5.32 Å². The normalized spacial score (nSPS) is 11.2. The molecule has 0 aromatic heterocycles. The van der Waals surface area contributed by atoms with E-state index in [9.17, 15) is 9.59 Å². The number of nitrogens with one attached hydrogen (secondary N) is 1. The number of hydrogen-bond donors (Lipinski definition) is 1. The second-order valence-corrected chi connectivity index (χ2v) is 3.90. The number of esters is 1. The number of nitrogens with zero attached hydrogens (tertiary/aromatic N) is 1. The van der Waals surface area contributed by atoms with Crippen LogP contribution in [0, 0.1) is 11.3 Å². The fraction of sp³-hybridized carbons (Fsp3) is 0.250. The number of rotatable bonds is 4. The van der Waals surface area contributed by atoms with Gasteiger partial charge in [0.25, 0.3) is 5.91 Å². The van der Waals surface area contributed by atoms with Crippen molar-refractivity contribution in [3.8, 4) is 6.07 Å². The molecule has 1 atom stereocenters. The molecule has 5 nitrogen and oxygen atoms in total. The minimum Gasteiger partial charge on any atom is -0.449 e. The van der Waals surface area contributed by atoms with Crippen LogP contribution in [-0.2, 0) is 9.53 Å². The summed E-state index contributed by atoms with van der Waals surface area (Å²) in [6.07, 6.45) is 0. The van der Waals surface area contributed by atoms with E-state index in [-0.39, 0.29) is 6.61 Å². The molecule has 0 saturated heterocycles. The van der Waals surface area contributed by atoms with Gasteiger partial charge in [0.1, 0.15) is 12.1 Å². The van der Waals surface area contributed by atoms with Gasteiger partial charge < -0.3 is 10.1 Å². The van der Waals surface area contributed by atoms with Crippen molar-refractivity contribution in [3.05, 3.63) is 34.9 Å². The predicted molar refractivity (Wildman–Crippen MR) is 65.0 cm³/mol. The van der Waals surface area contributed by atoms with Gasteiger partial charge in [-0.3, -0.25) is 4.79 Å². The largest absolute Gasteiger partial charge is 0.449 e. The van der Waals surface area contributed by atoms with Gasteiger partial charge in [-0.15, -0.1) is 0 Å². The molecule has 94 valence electrons. The van der Waals surface area contributed by atoms with E-state index in [1.54, 1.807) is 30.3 Å². The van der Waals surface area contributed by atoms with Gasteiger partial charge in [0, 0.05) is 10.6 Å². The molecule has 1 aromatic rings. The molecule has 0 aliphatic rings. The van der Waals surface area contributed by atoms with Gasteiger partial charge in [0.15, 0.2) is 6.61 Å². The van der Waals surface area contributed by atoms with Crippen molar-refractivity contribution in [3.63, 3.8) is 0 Å². The number of benzene rings is 1. The highest BCUT2D eigenvalue weighted by molar-refractivity contribution is 6.30. The summed E-state index contributed by atoms with van der Waals surface area (Å²) in [5.74, 6) is -1.06. The van der Waals surface area contributed by atoms with Gasteiger partial charge in [0.2, 0.25) is 0 Å². The molecule has 0 unspecified atom stereocenters. The van der Waals surface area contributed by atoms with Crippen LogP contribution in [-0.4, -0.2) is 24.5 Å². The summed E-state index contributed by atoms with van der Waals surface area (Å²) < 4.78 is 4.57. The van der Waals surface area contributed by atoms with E-state index in [1.165, 1.54) is 6.92 Å². The van der Waals surface area contributed by atoms with Crippen molar-refractivity contribution < 1.29 is 14.3 Å². The smallest absolute Gasteiger partial charge is 0.329 e. The SMILES string of the molecule is C[C@H](NC(=O)c1ccc(Cl)cc1)C(=O)OCC#N. The Kier molecular flexibility index (Phi) is 5.15. The van der Waals surface area contributed by atoms with Crippen LogP contribution >= 0.6 is 11.6 Å². The van der Waals surface area contributed by atoms with Crippen molar-refractivity contribution >= 4 is 23.5 Å². The quantitative estimate of drug-likeness (QED) is 0.838. The Balaban J connectivity index is 2.57. The second-order valence-electron chi connectivity index (χ2n) is 3.47. The summed E-state index contributed by atoms with van der Waals surface area (Å²) in [5.41, 5.74) is 0.388. The zero-order valence-corrected chi connectivity index (χ0v) is 10.4. The third-order valence-electron chi connectivity index (χ3n) is 2.09. The summed E-state index contributed by atoms with van der Waals surface area (Å²) in [7, 11) is 0. The first kappa shape index (κ1) is 14.0. The Hall–Kier alpha value is -2.06. The minimum absolute atomic E-state index is 0.333. The van der Waals surface area contributed by atoms with E-state index in [2.05, 4.69) is 10.1 Å². The fourth-order valence-corrected chi connectivity index (χ4v) is 1.29. The molecule has 1 N–H and O–H groups in total. The fourth-order valence-electron chi connectivity index (χ4n) is 1.17. The first-order chi connectivity index (χ1) is 8.54. The molecule has 0 fully saturated rings. The summed E-state index contributed by atoms with van der Waals surface area (Å²) in [6, 6.07) is 7.11. The lowest BCUT2D eigenvalue weighted by Crippen LogP contribution is -2.39. The Labute approximate surface area is 109 Å². The summed E-state index contributed by atoms with van der Waals surface area (Å²) in [4.78, 5) is 23.0. The standard InChI is InChI=1S/C12H11ClN2O3/c1-8(12(17)18-7-6-14)15-11(16)9-2-4-10(13)5-3-9/h2-5,8H,7H2,1H3,(H,15,16)/t8-/m0/s1. The molecule has 0 bridgehead atoms. The van der Waals surface area contributed by atoms with Crippen LogP contribution in [0.3, 0.4) is 0 Å². The van der Waals surface area contributed by atoms with Crippen molar-refractivity contribution in [2.45, 2.75) is 13.0 Å². The van der Waals surface area contributed by atoms with Crippen LogP contribution in [0.4, 0.5) is 0 Å². The van der Waals surface area contributed by atoms with Crippen LogP contribution in [0.2, 0.25) is 5.02 Å². The maximum atomic E-state index is 11.7. The highest BCUT2D eigenvalue weighted by Gasteiger charge is 2.17. The number of carbonyl (C=O) groups excluding carboxylic acids is 2. The zero-order chi connectivity index (χ0) is 13.5. The van der Waals surface area contributed by atoms with Gasteiger partial charge in [-0.05, 0) is 31.2 Å². The molecule has 1 aromatic carbocycles. The molecule has 18 heavy (non-hydrogen) atoms. The highest BCUT2D eigenvalue weighted by atomic mass is 35.5. The predicted octanol–water partition coefficient (Wildman–Crippen LogP) is 1.53. The van der Waals surface area contributed by atoms with Gasteiger partial charge in [0.05, 0.1) is 0 Å². The minimum atomic E-state index is -0.818. The van der Waals surface area contributed by atoms with E-state index in [1.807, 2.05) is 0 Å². The monoisotopic (exact) mass is 266 g/mol. The highest BCUT2D eigenvalue weighted by Crippen LogP contribution is 2.09. The van der Waals surface area contributed by atoms with E-state index in [0.717, 1.165) is 0 Å². The lowest BCUT2D eigenvalue weighted by molar-refractivity contribution is -0.144. The number of halogens is 1. The molecule has 0 heterocycles. The lowest BCUT2D eigenvalue weighted by Gasteiger charge is -2.12. The number of amides is 1. The maximum absolute atomic E-state index is 11.7. The van der Waals surface area contributed by atoms with Crippen LogP contribution in [0.5, 0.6) is 0 Å². The van der Waals surface area contributed by atoms with Crippen molar-refractivity contribution in [2.24, 2.45) is 0 Å². The van der Waals surface area contributed by atoms with Crippen molar-refractivity contribution in [2.75, 3.05) is 6.61 Å². The average Bonchev–Trinajstić information content (AvgIpc) is 2.36. The average molecular weight is 267 g/mol. The first-order valence-electron chi connectivity index (χ1n) is 5.14. The number of hydrogen-bond acceptors (Lipinski definition) is 4. The van der Waals surface area contributed by atoms with E-state index in [0.29, 0.717) is 10.6 Å². The van der Waals surface area contributed by atoms with Crippen LogP contribution in [0.25, 0.3) is 0 Å². The third kappa shape index (κ3) is 4.07. The molecule has 0 aliphatic heterocycles. The molecule has 0 spiro atoms. The Morgan fingerprint density at radius 2 is 2.06 bits per heavy atom. The Morgan fingerprint density at radius 1 is 1.44 bits per heavy atom. The van der Waals surface area contributed by atoms with Gasteiger partial charge in [-0.25, -0.2) is 4.79 Å². The van der Waals surface area contributed by atoms with Gasteiger partial charge >= 0.3 is 5.97 Å². The second kappa shape index (κ2) is 6.62. The number of ether oxygens (including phenoxy) is 1. The number of nitriles is 1. The van der Waals surface area contributed by atoms with Crippen LogP contribution in [0.15, 0.2) is 24.3 Å². The molecule has 6 heteroatoms. The molecule has 1 amide bonds. The Bertz CT molecular complexity index is 479. The van der Waals surface area contributed by atoms with Crippen LogP contribution in [0.1, 0.15) is 17.3 Å². The summed E-state index contributed by atoms with van der Waals surface area (Å²) in [5, 5.41) is 11.2. The molecule has 1 rings (SSSR count). The third-order valence-corrected chi connectivity index (χ3v) is 2.34. The van der Waals surface area contributed by atoms with Gasteiger partial charge in [-0.1, -0.05) is 11.6 Å². The van der Waals surface area contributed by atoms with E-state index >= 15 is 0 Å². The van der Waals surface area contributed by atoms with E-state index in [4.69, 9.17) is 16.9 Å². The topological polar surface area (TPSA) is 79.2 Å². The lowest BCUT2D eigenvalue weighted by atomic mass is 10.2. The van der Waals surface area contributed by atoms with Crippen molar-refractivity contribution in [1.82, 2.24) is 5.32 Å². The van der Waals surface area contributed by atoms with Crippen molar-refractivity contribution in [1.29, 1.82) is 5.26 Å². The van der Waals surface area contributed by atoms with E-state index < -0.39 is 17.9 Å². The number of carbonyl (C=O) groups is 2. The first-order valence-corrected chi connectivity index (χ1v) is 5.52. The summed E-state index contributed by atoms with van der Waals surface area (Å²) >= 11 is 5.69.